The third-order valence-electron chi connectivity index (χ3n) is 4.26. The number of nitrogens with zero attached hydrogens (tertiary/aromatic N) is 1. The monoisotopic (exact) mass is 406 g/mol. The van der Waals surface area contributed by atoms with Gasteiger partial charge in [0.1, 0.15) is 0 Å². The highest BCUT2D eigenvalue weighted by atomic mass is 32.2. The van der Waals surface area contributed by atoms with Crippen LogP contribution in [-0.4, -0.2) is 38.5 Å². The summed E-state index contributed by atoms with van der Waals surface area (Å²) in [5.41, 5.74) is 2.87. The molecule has 0 saturated heterocycles. The molecule has 4 rings (SSSR count). The molecule has 0 aliphatic heterocycles. The lowest BCUT2D eigenvalue weighted by Crippen LogP contribution is -2.17. The van der Waals surface area contributed by atoms with E-state index in [1.165, 1.54) is 0 Å². The van der Waals surface area contributed by atoms with Gasteiger partial charge in [0.15, 0.2) is 5.82 Å². The number of aromatic nitrogens is 2. The number of hydrogen-bond acceptors (Lipinski definition) is 5. The molecule has 27 heavy (non-hydrogen) atoms. The van der Waals surface area contributed by atoms with Gasteiger partial charge < -0.3 is 0 Å². The van der Waals surface area contributed by atoms with Crippen molar-refractivity contribution in [2.75, 3.05) is 15.7 Å². The van der Waals surface area contributed by atoms with E-state index in [1.54, 1.807) is 24.3 Å². The van der Waals surface area contributed by atoms with Gasteiger partial charge in [-0.2, -0.15) is 5.10 Å². The average molecular weight is 406 g/mol. The summed E-state index contributed by atoms with van der Waals surface area (Å²) < 4.78 is 52.1. The molecule has 1 aliphatic rings. The Balaban J connectivity index is 1.65. The lowest BCUT2D eigenvalue weighted by molar-refractivity contribution is 0.599. The van der Waals surface area contributed by atoms with E-state index in [4.69, 9.17) is 0 Å². The molecule has 3 aromatic rings. The fraction of sp³-hybridized carbons (Fsp3) is 0.235. The van der Waals surface area contributed by atoms with E-state index in [2.05, 4.69) is 19.6 Å². The number of H-pyrrole nitrogens is 1. The standard InChI is InChI=1S/C17H18N4O4S2/c1-26(22,23)21-17-15-8-5-12(10-16(15)18-19-17)11-3-2-4-13(9-11)20-27(24,25)14-6-7-14/h2-5,8-10,14,20H,6-7H2,1H3,(H2,18,19,21). The average Bonchev–Trinajstić information content (AvgIpc) is 3.38. The lowest BCUT2D eigenvalue weighted by Gasteiger charge is -2.09. The van der Waals surface area contributed by atoms with Crippen LogP contribution in [0, 0.1) is 0 Å². The molecule has 0 bridgehead atoms. The van der Waals surface area contributed by atoms with Crippen molar-refractivity contribution in [2.45, 2.75) is 18.1 Å². The van der Waals surface area contributed by atoms with Crippen LogP contribution in [0.25, 0.3) is 22.0 Å². The van der Waals surface area contributed by atoms with E-state index < -0.39 is 20.0 Å². The predicted molar refractivity (Wildman–Crippen MR) is 106 cm³/mol. The van der Waals surface area contributed by atoms with Crippen molar-refractivity contribution in [3.63, 3.8) is 0 Å². The Morgan fingerprint density at radius 3 is 2.44 bits per heavy atom. The third kappa shape index (κ3) is 3.91. The maximum absolute atomic E-state index is 12.1. The van der Waals surface area contributed by atoms with Crippen molar-refractivity contribution in [3.05, 3.63) is 42.5 Å². The number of aromatic amines is 1. The van der Waals surface area contributed by atoms with Gasteiger partial charge in [0, 0.05) is 11.1 Å². The Hall–Kier alpha value is -2.59. The van der Waals surface area contributed by atoms with E-state index in [9.17, 15) is 16.8 Å². The first-order valence-corrected chi connectivity index (χ1v) is 11.7. The molecule has 0 spiro atoms. The normalized spacial score (nSPS) is 15.0. The molecule has 1 heterocycles. The van der Waals surface area contributed by atoms with Crippen molar-refractivity contribution in [3.8, 4) is 11.1 Å². The molecule has 142 valence electrons. The first kappa shape index (κ1) is 17.8. The molecule has 3 N–H and O–H groups in total. The maximum atomic E-state index is 12.1. The predicted octanol–water partition coefficient (Wildman–Crippen LogP) is 2.51. The van der Waals surface area contributed by atoms with Crippen molar-refractivity contribution in [2.24, 2.45) is 0 Å². The Morgan fingerprint density at radius 2 is 1.74 bits per heavy atom. The second kappa shape index (κ2) is 6.24. The number of fused-ring (bicyclic) bond motifs is 1. The highest BCUT2D eigenvalue weighted by Gasteiger charge is 2.35. The van der Waals surface area contributed by atoms with Crippen LogP contribution in [0.1, 0.15) is 12.8 Å². The number of rotatable bonds is 6. The van der Waals surface area contributed by atoms with Crippen LogP contribution in [0.3, 0.4) is 0 Å². The molecule has 1 saturated carbocycles. The minimum Gasteiger partial charge on any atom is -0.283 e. The smallest absolute Gasteiger partial charge is 0.235 e. The van der Waals surface area contributed by atoms with Crippen LogP contribution < -0.4 is 9.44 Å². The summed E-state index contributed by atoms with van der Waals surface area (Å²) in [6, 6.07) is 12.6. The number of benzene rings is 2. The largest absolute Gasteiger partial charge is 0.283 e. The zero-order valence-electron chi connectivity index (χ0n) is 14.4. The third-order valence-corrected chi connectivity index (χ3v) is 6.70. The van der Waals surface area contributed by atoms with E-state index >= 15 is 0 Å². The van der Waals surface area contributed by atoms with E-state index in [0.29, 0.717) is 29.4 Å². The van der Waals surface area contributed by atoms with Gasteiger partial charge in [0.25, 0.3) is 0 Å². The van der Waals surface area contributed by atoms with Crippen LogP contribution in [0.2, 0.25) is 0 Å². The second-order valence-corrected chi connectivity index (χ2v) is 10.3. The quantitative estimate of drug-likeness (QED) is 0.581. The first-order valence-electron chi connectivity index (χ1n) is 8.29. The maximum Gasteiger partial charge on any atom is 0.235 e. The molecule has 10 heteroatoms. The zero-order chi connectivity index (χ0) is 19.2. The minimum absolute atomic E-state index is 0.241. The number of anilines is 2. The van der Waals surface area contributed by atoms with Gasteiger partial charge in [-0.1, -0.05) is 18.2 Å². The Kier molecular flexibility index (Phi) is 4.11. The van der Waals surface area contributed by atoms with E-state index in [0.717, 1.165) is 17.4 Å². The first-order chi connectivity index (χ1) is 12.7. The number of sulfonamides is 2. The molecule has 1 fully saturated rings. The molecular weight excluding hydrogens is 388 g/mol. The van der Waals surface area contributed by atoms with Gasteiger partial charge in [-0.25, -0.2) is 16.8 Å². The summed E-state index contributed by atoms with van der Waals surface area (Å²) in [5.74, 6) is 0.241. The van der Waals surface area contributed by atoms with E-state index in [-0.39, 0.29) is 11.1 Å². The van der Waals surface area contributed by atoms with Crippen LogP contribution in [0.5, 0.6) is 0 Å². The van der Waals surface area contributed by atoms with Gasteiger partial charge in [-0.3, -0.25) is 14.5 Å². The molecule has 0 radical (unpaired) electrons. The van der Waals surface area contributed by atoms with Gasteiger partial charge >= 0.3 is 0 Å². The van der Waals surface area contributed by atoms with Crippen LogP contribution in [-0.2, 0) is 20.0 Å². The summed E-state index contributed by atoms with van der Waals surface area (Å²) in [6.45, 7) is 0. The second-order valence-electron chi connectivity index (χ2n) is 6.63. The van der Waals surface area contributed by atoms with Gasteiger partial charge in [0.05, 0.1) is 17.0 Å². The van der Waals surface area contributed by atoms with Crippen molar-refractivity contribution < 1.29 is 16.8 Å². The highest BCUT2D eigenvalue weighted by molar-refractivity contribution is 7.93. The molecule has 8 nitrogen and oxygen atoms in total. The topological polar surface area (TPSA) is 121 Å². The van der Waals surface area contributed by atoms with Crippen LogP contribution in [0.4, 0.5) is 11.5 Å². The van der Waals surface area contributed by atoms with Crippen LogP contribution in [0.15, 0.2) is 42.5 Å². The van der Waals surface area contributed by atoms with Gasteiger partial charge in [-0.05, 0) is 48.2 Å². The van der Waals surface area contributed by atoms with E-state index in [1.807, 2.05) is 18.2 Å². The fourth-order valence-corrected chi connectivity index (χ4v) is 4.73. The molecule has 1 aliphatic carbocycles. The molecule has 1 aromatic heterocycles. The van der Waals surface area contributed by atoms with Gasteiger partial charge in [-0.15, -0.1) is 0 Å². The molecule has 2 aromatic carbocycles. The lowest BCUT2D eigenvalue weighted by atomic mass is 10.0. The molecular formula is C17H18N4O4S2. The molecule has 0 unspecified atom stereocenters. The van der Waals surface area contributed by atoms with Crippen molar-refractivity contribution >= 4 is 42.5 Å². The highest BCUT2D eigenvalue weighted by Crippen LogP contribution is 2.32. The summed E-state index contributed by atoms with van der Waals surface area (Å²) >= 11 is 0. The van der Waals surface area contributed by atoms with Gasteiger partial charge in [0.2, 0.25) is 20.0 Å². The molecule has 0 atom stereocenters. The Labute approximate surface area is 157 Å². The SMILES string of the molecule is CS(=O)(=O)Nc1n[nH]c2cc(-c3cccc(NS(=O)(=O)C4CC4)c3)ccc12. The summed E-state index contributed by atoms with van der Waals surface area (Å²) in [6.07, 6.45) is 2.47. The van der Waals surface area contributed by atoms with Crippen LogP contribution >= 0.6 is 0 Å². The van der Waals surface area contributed by atoms with Crippen molar-refractivity contribution in [1.82, 2.24) is 10.2 Å². The summed E-state index contributed by atoms with van der Waals surface area (Å²) in [5, 5.41) is 7.17. The Morgan fingerprint density at radius 1 is 1.00 bits per heavy atom. The minimum atomic E-state index is -3.42. The fourth-order valence-electron chi connectivity index (χ4n) is 2.84. The Bertz CT molecular complexity index is 1230. The number of hydrogen-bond donors (Lipinski definition) is 3. The number of nitrogens with one attached hydrogen (secondary N) is 3. The summed E-state index contributed by atoms with van der Waals surface area (Å²) in [4.78, 5) is 0. The zero-order valence-corrected chi connectivity index (χ0v) is 16.1. The molecule has 0 amide bonds. The van der Waals surface area contributed by atoms with Crippen molar-refractivity contribution in [1.29, 1.82) is 0 Å². The summed E-state index contributed by atoms with van der Waals surface area (Å²) in [7, 11) is -6.74.